The van der Waals surface area contributed by atoms with Gasteiger partial charge in [0.25, 0.3) is 0 Å². The summed E-state index contributed by atoms with van der Waals surface area (Å²) in [7, 11) is 0. The lowest BCUT2D eigenvalue weighted by Crippen LogP contribution is -2.19. The van der Waals surface area contributed by atoms with Crippen molar-refractivity contribution < 1.29 is 13.2 Å². The largest absolute Gasteiger partial charge is 0.408 e. The van der Waals surface area contributed by atoms with Crippen molar-refractivity contribution in [3.63, 3.8) is 0 Å². The maximum absolute atomic E-state index is 12.4. The average Bonchev–Trinajstić information content (AvgIpc) is 2.59. The highest BCUT2D eigenvalue weighted by Gasteiger charge is 2.30. The lowest BCUT2D eigenvalue weighted by atomic mass is 10.1. The molecule has 0 spiro atoms. The molecule has 0 unspecified atom stereocenters. The quantitative estimate of drug-likeness (QED) is 0.798. The van der Waals surface area contributed by atoms with Crippen LogP contribution in [0, 0.1) is 13.8 Å². The average molecular weight is 254 g/mol. The first-order chi connectivity index (χ1) is 8.37. The normalized spacial score (nSPS) is 11.8. The van der Waals surface area contributed by atoms with Gasteiger partial charge in [-0.2, -0.15) is 18.3 Å². The molecule has 2 rings (SSSR count). The lowest BCUT2D eigenvalue weighted by molar-refractivity contribution is -0.142. The third-order valence-corrected chi connectivity index (χ3v) is 2.68. The molecule has 18 heavy (non-hydrogen) atoms. The van der Waals surface area contributed by atoms with Gasteiger partial charge >= 0.3 is 6.18 Å². The third-order valence-electron chi connectivity index (χ3n) is 2.68. The van der Waals surface area contributed by atoms with E-state index in [0.29, 0.717) is 5.69 Å². The van der Waals surface area contributed by atoms with Gasteiger partial charge in [-0.3, -0.25) is 4.68 Å². The number of rotatable bonds is 2. The van der Waals surface area contributed by atoms with Crippen LogP contribution in [-0.4, -0.2) is 16.0 Å². The Labute approximate surface area is 103 Å². The molecule has 1 heterocycles. The number of hydrogen-bond donors (Lipinski definition) is 0. The van der Waals surface area contributed by atoms with Crippen molar-refractivity contribution in [2.45, 2.75) is 26.6 Å². The minimum atomic E-state index is -4.27. The molecule has 0 aliphatic heterocycles. The van der Waals surface area contributed by atoms with E-state index in [-0.39, 0.29) is 0 Å². The highest BCUT2D eigenvalue weighted by molar-refractivity contribution is 5.63. The van der Waals surface area contributed by atoms with E-state index >= 15 is 0 Å². The van der Waals surface area contributed by atoms with E-state index in [2.05, 4.69) is 5.10 Å². The van der Waals surface area contributed by atoms with Crippen molar-refractivity contribution in [1.82, 2.24) is 9.78 Å². The van der Waals surface area contributed by atoms with E-state index in [9.17, 15) is 13.2 Å². The zero-order valence-electron chi connectivity index (χ0n) is 10.1. The first-order valence-corrected chi connectivity index (χ1v) is 5.53. The Bertz CT molecular complexity index is 538. The molecule has 1 aromatic heterocycles. The molecule has 0 aliphatic rings. The zero-order chi connectivity index (χ0) is 13.3. The first kappa shape index (κ1) is 12.7. The first-order valence-electron chi connectivity index (χ1n) is 5.53. The topological polar surface area (TPSA) is 17.8 Å². The molecule has 5 heteroatoms. The van der Waals surface area contributed by atoms with Crippen molar-refractivity contribution in [3.05, 3.63) is 41.6 Å². The minimum Gasteiger partial charge on any atom is -0.255 e. The van der Waals surface area contributed by atoms with E-state index < -0.39 is 12.7 Å². The Morgan fingerprint density at radius 3 is 2.28 bits per heavy atom. The number of aromatic nitrogens is 2. The van der Waals surface area contributed by atoms with Crippen LogP contribution in [0.1, 0.15) is 11.1 Å². The Morgan fingerprint density at radius 1 is 1.11 bits per heavy atom. The molecule has 96 valence electrons. The zero-order valence-corrected chi connectivity index (χ0v) is 10.1. The van der Waals surface area contributed by atoms with E-state index in [0.717, 1.165) is 21.4 Å². The molecule has 0 atom stereocenters. The summed E-state index contributed by atoms with van der Waals surface area (Å²) in [5, 5.41) is 3.80. The van der Waals surface area contributed by atoms with Crippen LogP contribution in [0.4, 0.5) is 13.2 Å². The lowest BCUT2D eigenvalue weighted by Gasteiger charge is -2.11. The van der Waals surface area contributed by atoms with Crippen LogP contribution in [-0.2, 0) is 6.54 Å². The van der Waals surface area contributed by atoms with Gasteiger partial charge in [0.2, 0.25) is 0 Å². The third kappa shape index (κ3) is 2.72. The second-order valence-corrected chi connectivity index (χ2v) is 4.32. The molecule has 1 aromatic carbocycles. The van der Waals surface area contributed by atoms with Crippen molar-refractivity contribution >= 4 is 0 Å². The van der Waals surface area contributed by atoms with Crippen molar-refractivity contribution in [2.75, 3.05) is 0 Å². The Balaban J connectivity index is 2.43. The molecular formula is C13H13F3N2. The van der Waals surface area contributed by atoms with Gasteiger partial charge in [-0.05, 0) is 19.4 Å². The fourth-order valence-corrected chi connectivity index (χ4v) is 1.86. The van der Waals surface area contributed by atoms with Crippen molar-refractivity contribution in [1.29, 1.82) is 0 Å². The smallest absolute Gasteiger partial charge is 0.255 e. The van der Waals surface area contributed by atoms with E-state index in [4.69, 9.17) is 0 Å². The Morgan fingerprint density at radius 2 is 1.72 bits per heavy atom. The highest BCUT2D eigenvalue weighted by Crippen LogP contribution is 2.26. The SMILES string of the molecule is Cc1ccc(-c2c(C)cnn2CC(F)(F)F)cc1. The predicted molar refractivity (Wildman–Crippen MR) is 63.2 cm³/mol. The summed E-state index contributed by atoms with van der Waals surface area (Å²) >= 11 is 0. The summed E-state index contributed by atoms with van der Waals surface area (Å²) in [5.41, 5.74) is 3.08. The van der Waals surface area contributed by atoms with Crippen LogP contribution < -0.4 is 0 Å². The number of aryl methyl sites for hydroxylation is 2. The van der Waals surface area contributed by atoms with Crippen molar-refractivity contribution in [3.8, 4) is 11.3 Å². The van der Waals surface area contributed by atoms with Crippen LogP contribution in [0.15, 0.2) is 30.5 Å². The summed E-state index contributed by atoms with van der Waals surface area (Å²) in [4.78, 5) is 0. The molecule has 0 N–H and O–H groups in total. The van der Waals surface area contributed by atoms with Gasteiger partial charge in [0, 0.05) is 5.56 Å². The van der Waals surface area contributed by atoms with Gasteiger partial charge in [0.05, 0.1) is 11.9 Å². The van der Waals surface area contributed by atoms with Gasteiger partial charge in [-0.25, -0.2) is 0 Å². The number of nitrogens with zero attached hydrogens (tertiary/aromatic N) is 2. The fourth-order valence-electron chi connectivity index (χ4n) is 1.86. The minimum absolute atomic E-state index is 0.521. The monoisotopic (exact) mass is 254 g/mol. The number of benzene rings is 1. The van der Waals surface area contributed by atoms with Crippen LogP contribution in [0.5, 0.6) is 0 Å². The maximum atomic E-state index is 12.4. The van der Waals surface area contributed by atoms with Crippen LogP contribution >= 0.6 is 0 Å². The van der Waals surface area contributed by atoms with Gasteiger partial charge < -0.3 is 0 Å². The number of hydrogen-bond acceptors (Lipinski definition) is 1. The van der Waals surface area contributed by atoms with Gasteiger partial charge in [0.1, 0.15) is 6.54 Å². The second kappa shape index (κ2) is 4.48. The van der Waals surface area contributed by atoms with E-state index in [1.54, 1.807) is 6.92 Å². The molecule has 0 saturated carbocycles. The molecule has 0 saturated heterocycles. The fraction of sp³-hybridized carbons (Fsp3) is 0.308. The summed E-state index contributed by atoms with van der Waals surface area (Å²) in [5.74, 6) is 0. The van der Waals surface area contributed by atoms with Gasteiger partial charge in [-0.1, -0.05) is 29.8 Å². The van der Waals surface area contributed by atoms with Crippen LogP contribution in [0.3, 0.4) is 0 Å². The van der Waals surface area contributed by atoms with Crippen LogP contribution in [0.25, 0.3) is 11.3 Å². The van der Waals surface area contributed by atoms with E-state index in [1.807, 2.05) is 31.2 Å². The summed E-state index contributed by atoms with van der Waals surface area (Å²) in [6.07, 6.45) is -2.81. The molecule has 2 aromatic rings. The molecule has 0 aliphatic carbocycles. The summed E-state index contributed by atoms with van der Waals surface area (Å²) in [6.45, 7) is 2.63. The summed E-state index contributed by atoms with van der Waals surface area (Å²) in [6, 6.07) is 7.37. The van der Waals surface area contributed by atoms with Crippen LogP contribution in [0.2, 0.25) is 0 Å². The maximum Gasteiger partial charge on any atom is 0.408 e. The van der Waals surface area contributed by atoms with Crippen molar-refractivity contribution in [2.24, 2.45) is 0 Å². The standard InChI is InChI=1S/C13H13F3N2/c1-9-3-5-11(6-4-9)12-10(2)7-17-18(12)8-13(14,15)16/h3-7H,8H2,1-2H3. The van der Waals surface area contributed by atoms with Gasteiger partial charge in [0.15, 0.2) is 0 Å². The predicted octanol–water partition coefficient (Wildman–Crippen LogP) is 3.73. The molecule has 0 bridgehead atoms. The summed E-state index contributed by atoms with van der Waals surface area (Å²) < 4.78 is 38.3. The Kier molecular flexibility index (Phi) is 3.15. The molecule has 0 radical (unpaired) electrons. The number of alkyl halides is 3. The number of halogens is 3. The molecule has 0 amide bonds. The highest BCUT2D eigenvalue weighted by atomic mass is 19.4. The molecule has 2 nitrogen and oxygen atoms in total. The van der Waals surface area contributed by atoms with Gasteiger partial charge in [-0.15, -0.1) is 0 Å². The molecular weight excluding hydrogens is 241 g/mol. The molecule has 0 fully saturated rings. The second-order valence-electron chi connectivity index (χ2n) is 4.32. The van der Waals surface area contributed by atoms with E-state index in [1.165, 1.54) is 6.20 Å². The Hall–Kier alpha value is -1.78.